The number of hydrogen-bond donors (Lipinski definition) is 6. The monoisotopic (exact) mass is 508 g/mol. The van der Waals surface area contributed by atoms with Gasteiger partial charge >= 0.3 is 11.9 Å². The molecule has 35 heavy (non-hydrogen) atoms. The van der Waals surface area contributed by atoms with Crippen molar-refractivity contribution >= 4 is 5.97 Å². The van der Waals surface area contributed by atoms with Crippen LogP contribution >= 0.6 is 0 Å². The Balaban J connectivity index is 4.02. The molecular formula is C26H52O9. The molecule has 9 nitrogen and oxygen atoms in total. The number of ether oxygens (including phenoxy) is 2. The number of aliphatic hydroxyl groups is 6. The van der Waals surface area contributed by atoms with Gasteiger partial charge in [-0.1, -0.05) is 96.8 Å². The van der Waals surface area contributed by atoms with Crippen LogP contribution in [0.25, 0.3) is 0 Å². The van der Waals surface area contributed by atoms with E-state index in [4.69, 9.17) is 14.6 Å². The van der Waals surface area contributed by atoms with E-state index in [2.05, 4.69) is 6.92 Å². The second-order valence-corrected chi connectivity index (χ2v) is 9.41. The number of unbranched alkanes of at least 4 members (excludes halogenated alkanes) is 14. The molecule has 0 spiro atoms. The zero-order chi connectivity index (χ0) is 26.5. The lowest BCUT2D eigenvalue weighted by Gasteiger charge is -2.35. The molecule has 0 aromatic carbocycles. The molecule has 0 aliphatic rings. The van der Waals surface area contributed by atoms with Crippen LogP contribution in [0.4, 0.5) is 0 Å². The lowest BCUT2D eigenvalue weighted by molar-refractivity contribution is -0.390. The van der Waals surface area contributed by atoms with E-state index < -0.39 is 43.0 Å². The zero-order valence-electron chi connectivity index (χ0n) is 21.9. The molecule has 0 saturated heterocycles. The number of rotatable bonds is 24. The first-order valence-electron chi connectivity index (χ1n) is 13.6. The fourth-order valence-electron chi connectivity index (χ4n) is 3.97. The third-order valence-electron chi connectivity index (χ3n) is 6.22. The predicted octanol–water partition coefficient (Wildman–Crippen LogP) is 2.91. The lowest BCUT2D eigenvalue weighted by Crippen LogP contribution is -2.59. The van der Waals surface area contributed by atoms with Gasteiger partial charge < -0.3 is 40.1 Å². The van der Waals surface area contributed by atoms with Crippen LogP contribution in [0.5, 0.6) is 0 Å². The van der Waals surface area contributed by atoms with Gasteiger partial charge in [-0.15, -0.1) is 0 Å². The van der Waals surface area contributed by atoms with Gasteiger partial charge in [-0.2, -0.15) is 0 Å². The highest BCUT2D eigenvalue weighted by atomic mass is 16.8. The van der Waals surface area contributed by atoms with E-state index in [1.807, 2.05) is 0 Å². The van der Waals surface area contributed by atoms with Crippen LogP contribution in [0.2, 0.25) is 0 Å². The summed E-state index contributed by atoms with van der Waals surface area (Å²) < 4.78 is 9.80. The Morgan fingerprint density at radius 3 is 1.54 bits per heavy atom. The van der Waals surface area contributed by atoms with Crippen molar-refractivity contribution < 1.29 is 44.9 Å². The lowest BCUT2D eigenvalue weighted by atomic mass is 10.0. The normalized spacial score (nSPS) is 16.9. The number of carbonyl (C=O) groups excluding carboxylic acids is 1. The number of carbonyl (C=O) groups is 1. The van der Waals surface area contributed by atoms with Gasteiger partial charge in [0.05, 0.1) is 13.2 Å². The van der Waals surface area contributed by atoms with Crippen molar-refractivity contribution in [3.05, 3.63) is 0 Å². The molecule has 0 heterocycles. The first kappa shape index (κ1) is 34.2. The predicted molar refractivity (Wildman–Crippen MR) is 133 cm³/mol. The second-order valence-electron chi connectivity index (χ2n) is 9.41. The summed E-state index contributed by atoms with van der Waals surface area (Å²) in [4.78, 5) is 12.1. The van der Waals surface area contributed by atoms with E-state index in [0.717, 1.165) is 19.3 Å². The van der Waals surface area contributed by atoms with Gasteiger partial charge in [0.25, 0.3) is 0 Å². The molecule has 0 aromatic heterocycles. The molecule has 6 N–H and O–H groups in total. The maximum absolute atomic E-state index is 12.1. The molecule has 210 valence electrons. The van der Waals surface area contributed by atoms with E-state index >= 15 is 0 Å². The largest absolute Gasteiger partial charge is 0.406 e. The highest BCUT2D eigenvalue weighted by molar-refractivity contribution is 5.69. The van der Waals surface area contributed by atoms with Crippen LogP contribution < -0.4 is 0 Å². The fraction of sp³-hybridized carbons (Fsp3) is 0.962. The first-order chi connectivity index (χ1) is 16.7. The molecule has 5 atom stereocenters. The molecule has 0 rings (SSSR count). The molecule has 0 aromatic rings. The Bertz CT molecular complexity index is 505. The minimum Gasteiger partial charge on any atom is -0.406 e. The Kier molecular flexibility index (Phi) is 20.8. The topological polar surface area (TPSA) is 157 Å². The van der Waals surface area contributed by atoms with Crippen molar-refractivity contribution in [1.82, 2.24) is 0 Å². The summed E-state index contributed by atoms with van der Waals surface area (Å²) in [7, 11) is 0. The minimum absolute atomic E-state index is 0.00171. The third-order valence-corrected chi connectivity index (χ3v) is 6.22. The molecule has 0 aliphatic heterocycles. The van der Waals surface area contributed by atoms with Crippen molar-refractivity contribution in [1.29, 1.82) is 0 Å². The summed E-state index contributed by atoms with van der Waals surface area (Å²) in [6.07, 6.45) is 9.73. The van der Waals surface area contributed by atoms with E-state index in [1.54, 1.807) is 0 Å². The first-order valence-corrected chi connectivity index (χ1v) is 13.6. The molecule has 0 saturated carbocycles. The molecule has 0 fully saturated rings. The van der Waals surface area contributed by atoms with Crippen LogP contribution in [-0.2, 0) is 14.3 Å². The summed E-state index contributed by atoms with van der Waals surface area (Å²) in [5, 5.41) is 58.6. The van der Waals surface area contributed by atoms with Gasteiger partial charge in [0.2, 0.25) is 0 Å². The van der Waals surface area contributed by atoms with Gasteiger partial charge in [-0.05, 0) is 13.3 Å². The Labute approximate surface area is 211 Å². The molecule has 0 aliphatic carbocycles. The van der Waals surface area contributed by atoms with Crippen molar-refractivity contribution in [2.45, 2.75) is 147 Å². The van der Waals surface area contributed by atoms with Crippen LogP contribution in [0.3, 0.4) is 0 Å². The van der Waals surface area contributed by atoms with E-state index in [-0.39, 0.29) is 13.0 Å². The fourth-order valence-corrected chi connectivity index (χ4v) is 3.97. The standard InChI is InChI=1S/C26H52O9/c1-3-5-6-7-8-9-10-11-12-13-14-15-16-17-18-19-22(29)35-26(33,34-4-2)25(32)24(31)23(30)21(28)20-27/h21,23-25,27-28,30-33H,3-20H2,1-2H3/t21-,23+,24+,25+,26?/m0/s1. The third kappa shape index (κ3) is 15.8. The van der Waals surface area contributed by atoms with E-state index in [9.17, 15) is 30.3 Å². The summed E-state index contributed by atoms with van der Waals surface area (Å²) in [6.45, 7) is 2.68. The smallest absolute Gasteiger partial charge is 0.356 e. The molecule has 1 unspecified atom stereocenters. The molecule has 0 bridgehead atoms. The summed E-state index contributed by atoms with van der Waals surface area (Å²) >= 11 is 0. The summed E-state index contributed by atoms with van der Waals surface area (Å²) in [6, 6.07) is 0. The van der Waals surface area contributed by atoms with Crippen molar-refractivity contribution in [3.8, 4) is 0 Å². The molecular weight excluding hydrogens is 456 g/mol. The average molecular weight is 509 g/mol. The number of esters is 1. The molecule has 9 heteroatoms. The van der Waals surface area contributed by atoms with Crippen LogP contribution in [0.15, 0.2) is 0 Å². The number of aliphatic hydroxyl groups excluding tert-OH is 5. The van der Waals surface area contributed by atoms with Crippen LogP contribution in [0.1, 0.15) is 117 Å². The van der Waals surface area contributed by atoms with Crippen LogP contribution in [0, 0.1) is 0 Å². The van der Waals surface area contributed by atoms with E-state index in [1.165, 1.54) is 77.6 Å². The SMILES string of the molecule is CCCCCCCCCCCCCCCCCC(=O)OC(O)(OCC)[C@H](O)[C@H](O)[C@H](O)[C@@H](O)CO. The zero-order valence-corrected chi connectivity index (χ0v) is 21.9. The summed E-state index contributed by atoms with van der Waals surface area (Å²) in [5.41, 5.74) is 0. The van der Waals surface area contributed by atoms with Crippen LogP contribution in [-0.4, -0.2) is 80.2 Å². The highest BCUT2D eigenvalue weighted by Crippen LogP contribution is 2.22. The van der Waals surface area contributed by atoms with Gasteiger partial charge in [0.15, 0.2) is 6.10 Å². The summed E-state index contributed by atoms with van der Waals surface area (Å²) in [5.74, 6) is -3.71. The second kappa shape index (κ2) is 21.3. The average Bonchev–Trinajstić information content (AvgIpc) is 2.84. The quantitative estimate of drug-likeness (QED) is 0.0655. The van der Waals surface area contributed by atoms with Gasteiger partial charge in [-0.25, -0.2) is 0 Å². The maximum atomic E-state index is 12.1. The molecule has 0 amide bonds. The molecule has 0 radical (unpaired) electrons. The highest BCUT2D eigenvalue weighted by Gasteiger charge is 2.48. The Morgan fingerprint density at radius 1 is 0.714 bits per heavy atom. The van der Waals surface area contributed by atoms with Gasteiger partial charge in [0, 0.05) is 6.42 Å². The van der Waals surface area contributed by atoms with Crippen molar-refractivity contribution in [2.75, 3.05) is 13.2 Å². The van der Waals surface area contributed by atoms with E-state index in [0.29, 0.717) is 6.42 Å². The Morgan fingerprint density at radius 2 is 1.14 bits per heavy atom. The minimum atomic E-state index is -2.89. The number of hydrogen-bond acceptors (Lipinski definition) is 9. The van der Waals surface area contributed by atoms with Crippen molar-refractivity contribution in [2.24, 2.45) is 0 Å². The van der Waals surface area contributed by atoms with Crippen molar-refractivity contribution in [3.63, 3.8) is 0 Å². The maximum Gasteiger partial charge on any atom is 0.356 e. The Hall–Kier alpha value is -0.810. The van der Waals surface area contributed by atoms with Gasteiger partial charge in [0.1, 0.15) is 18.3 Å². The van der Waals surface area contributed by atoms with Gasteiger partial charge in [-0.3, -0.25) is 4.79 Å².